The Bertz CT molecular complexity index is 166. The summed E-state index contributed by atoms with van der Waals surface area (Å²) in [6.45, 7) is 2.26. The molecule has 9 heteroatoms. The number of alkyl halides is 3. The lowest BCUT2D eigenvalue weighted by atomic mass is 10.9. The van der Waals surface area contributed by atoms with Gasteiger partial charge in [-0.05, 0) is 0 Å². The van der Waals surface area contributed by atoms with E-state index < -0.39 is 7.82 Å². The molecule has 0 aliphatic carbocycles. The first-order valence-corrected chi connectivity index (χ1v) is 7.25. The number of carbonyl (C=O) groups excluding carboxylic acids is 1. The molecule has 0 atom stereocenters. The predicted octanol–water partition coefficient (Wildman–Crippen LogP) is 2.68. The molecule has 0 aromatic rings. The van der Waals surface area contributed by atoms with Crippen LogP contribution in [0.1, 0.15) is 0 Å². The second-order valence-corrected chi connectivity index (χ2v) is 4.82. The maximum Gasteiger partial charge on any atom is 0.474 e. The van der Waals surface area contributed by atoms with Gasteiger partial charge in [0, 0.05) is 17.6 Å². The fourth-order valence-corrected chi connectivity index (χ4v) is 2.27. The number of phosphoric ester groups is 1. The van der Waals surface area contributed by atoms with Crippen LogP contribution >= 0.6 is 42.6 Å². The Hall–Kier alpha value is 0.650. The topological polar surface area (TPSA) is 61.8 Å². The van der Waals surface area contributed by atoms with Crippen LogP contribution in [0.2, 0.25) is 0 Å². The van der Waals surface area contributed by atoms with Crippen molar-refractivity contribution in [3.05, 3.63) is 0 Å². The van der Waals surface area contributed by atoms with Gasteiger partial charge in [0.05, 0.1) is 19.8 Å². The van der Waals surface area contributed by atoms with Crippen molar-refractivity contribution in [2.45, 2.75) is 0 Å². The van der Waals surface area contributed by atoms with E-state index in [2.05, 4.69) is 0 Å². The molecule has 0 bridgehead atoms. The van der Waals surface area contributed by atoms with Gasteiger partial charge in [0.15, 0.2) is 0 Å². The molecule has 0 aromatic heterocycles. The van der Waals surface area contributed by atoms with E-state index in [0.717, 1.165) is 0 Å². The van der Waals surface area contributed by atoms with Crippen molar-refractivity contribution in [1.82, 2.24) is 0 Å². The van der Waals surface area contributed by atoms with Crippen LogP contribution in [-0.4, -0.2) is 44.2 Å². The van der Waals surface area contributed by atoms with Gasteiger partial charge in [-0.2, -0.15) is 0 Å². The van der Waals surface area contributed by atoms with Crippen molar-refractivity contribution in [3.63, 3.8) is 0 Å². The van der Waals surface area contributed by atoms with E-state index in [1.165, 1.54) is 0 Å². The van der Waals surface area contributed by atoms with Crippen LogP contribution in [0.3, 0.4) is 0 Å². The molecule has 0 saturated heterocycles. The van der Waals surface area contributed by atoms with Gasteiger partial charge < -0.3 is 4.79 Å². The highest BCUT2D eigenvalue weighted by Crippen LogP contribution is 2.49. The van der Waals surface area contributed by atoms with Gasteiger partial charge in [-0.25, -0.2) is 4.57 Å². The Morgan fingerprint density at radius 1 is 0.812 bits per heavy atom. The lowest BCUT2D eigenvalue weighted by molar-refractivity contribution is -0.0980. The molecule has 0 heterocycles. The molecule has 0 aliphatic heterocycles. The smallest absolute Gasteiger partial charge is 0.307 e. The van der Waals surface area contributed by atoms with Crippen LogP contribution in [0.15, 0.2) is 0 Å². The van der Waals surface area contributed by atoms with Crippen molar-refractivity contribution in [3.8, 4) is 0 Å². The molecule has 0 N–H and O–H groups in total. The van der Waals surface area contributed by atoms with Crippen molar-refractivity contribution < 1.29 is 22.9 Å². The van der Waals surface area contributed by atoms with E-state index in [9.17, 15) is 4.57 Å². The van der Waals surface area contributed by atoms with Gasteiger partial charge in [-0.15, -0.1) is 34.8 Å². The number of rotatable bonds is 9. The number of halogens is 3. The fraction of sp³-hybridized carbons (Fsp3) is 0.857. The Morgan fingerprint density at radius 3 is 1.25 bits per heavy atom. The minimum absolute atomic E-state index is 0.0867. The summed E-state index contributed by atoms with van der Waals surface area (Å²) in [7, 11) is -3.52. The van der Waals surface area contributed by atoms with Gasteiger partial charge in [-0.3, -0.25) is 13.6 Å². The zero-order valence-electron chi connectivity index (χ0n) is 8.57. The van der Waals surface area contributed by atoms with E-state index in [4.69, 9.17) is 53.2 Å². The Kier molecular flexibility index (Phi) is 16.3. The number of hydrogen-bond acceptors (Lipinski definition) is 5. The van der Waals surface area contributed by atoms with Crippen LogP contribution in [0.4, 0.5) is 0 Å². The molecule has 16 heavy (non-hydrogen) atoms. The summed E-state index contributed by atoms with van der Waals surface area (Å²) in [5, 5.41) is 0. The Labute approximate surface area is 110 Å². The molecule has 0 rings (SSSR count). The summed E-state index contributed by atoms with van der Waals surface area (Å²) >= 11 is 16.1. The van der Waals surface area contributed by atoms with Crippen molar-refractivity contribution in [2.75, 3.05) is 37.5 Å². The molecule has 0 radical (unpaired) electrons. The summed E-state index contributed by atoms with van der Waals surface area (Å²) in [5.41, 5.74) is 0. The average molecular weight is 316 g/mol. The highest BCUT2D eigenvalue weighted by molar-refractivity contribution is 7.48. The molecule has 0 aliphatic rings. The first-order valence-electron chi connectivity index (χ1n) is 4.19. The Balaban J connectivity index is 0. The molecule has 0 fully saturated rings. The largest absolute Gasteiger partial charge is 0.474 e. The maximum atomic E-state index is 11.6. The molecule has 0 saturated carbocycles. The highest BCUT2D eigenvalue weighted by Gasteiger charge is 2.25. The highest BCUT2D eigenvalue weighted by atomic mass is 35.5. The summed E-state index contributed by atoms with van der Waals surface area (Å²) in [6, 6.07) is 0. The Morgan fingerprint density at radius 2 is 1.06 bits per heavy atom. The average Bonchev–Trinajstić information content (AvgIpc) is 2.34. The van der Waals surface area contributed by atoms with Gasteiger partial charge >= 0.3 is 7.82 Å². The van der Waals surface area contributed by atoms with Crippen molar-refractivity contribution >= 4 is 49.4 Å². The number of hydrogen-bond donors (Lipinski definition) is 0. The molecule has 0 amide bonds. The van der Waals surface area contributed by atoms with E-state index in [1.807, 2.05) is 6.79 Å². The van der Waals surface area contributed by atoms with E-state index in [-0.39, 0.29) is 37.5 Å². The molecule has 0 unspecified atom stereocenters. The van der Waals surface area contributed by atoms with Gasteiger partial charge in [0.2, 0.25) is 0 Å². The first kappa shape index (κ1) is 19.0. The summed E-state index contributed by atoms with van der Waals surface area (Å²) in [5.74, 6) is 0.620. The van der Waals surface area contributed by atoms with Gasteiger partial charge in [-0.1, -0.05) is 0 Å². The minimum Gasteiger partial charge on any atom is -0.307 e. The van der Waals surface area contributed by atoms with E-state index in [1.54, 1.807) is 0 Å². The van der Waals surface area contributed by atoms with E-state index in [0.29, 0.717) is 0 Å². The summed E-state index contributed by atoms with van der Waals surface area (Å²) in [6.07, 6.45) is 0. The third-order valence-corrected chi connectivity index (χ3v) is 2.94. The first-order chi connectivity index (χ1) is 7.68. The molecule has 98 valence electrons. The zero-order chi connectivity index (χ0) is 12.9. The fourth-order valence-electron chi connectivity index (χ4n) is 0.551. The number of phosphoric acid groups is 1. The molecule has 0 spiro atoms. The SMILES string of the molecule is C=O.O=P(OCCCl)(OCCCl)OCCCl. The zero-order valence-corrected chi connectivity index (χ0v) is 11.7. The van der Waals surface area contributed by atoms with Gasteiger partial charge in [0.25, 0.3) is 0 Å². The standard InChI is InChI=1S/C6H12Cl3O4P.CH2O/c7-1-4-11-14(10,12-5-2-8)13-6-3-9;1-2/h1-6H2;1H2. The van der Waals surface area contributed by atoms with Crippen LogP contribution in [0.5, 0.6) is 0 Å². The maximum absolute atomic E-state index is 11.6. The molecular formula is C7H14Cl3O5P. The third-order valence-electron chi connectivity index (χ3n) is 0.980. The normalized spacial score (nSPS) is 10.7. The van der Waals surface area contributed by atoms with E-state index >= 15 is 0 Å². The van der Waals surface area contributed by atoms with Crippen molar-refractivity contribution in [1.29, 1.82) is 0 Å². The second-order valence-electron chi connectivity index (χ2n) is 2.01. The molecule has 0 aromatic carbocycles. The second kappa shape index (κ2) is 13.7. The van der Waals surface area contributed by atoms with Crippen molar-refractivity contribution in [2.24, 2.45) is 0 Å². The van der Waals surface area contributed by atoms with Crippen LogP contribution in [0, 0.1) is 0 Å². The van der Waals surface area contributed by atoms with Gasteiger partial charge in [0.1, 0.15) is 6.79 Å². The van der Waals surface area contributed by atoms with Crippen LogP contribution < -0.4 is 0 Å². The third kappa shape index (κ3) is 11.1. The molecule has 5 nitrogen and oxygen atoms in total. The van der Waals surface area contributed by atoms with Crippen LogP contribution in [0.25, 0.3) is 0 Å². The van der Waals surface area contributed by atoms with Crippen LogP contribution in [-0.2, 0) is 22.9 Å². The summed E-state index contributed by atoms with van der Waals surface area (Å²) in [4.78, 5) is 8.00. The summed E-state index contributed by atoms with van der Waals surface area (Å²) < 4.78 is 26.2. The lowest BCUT2D eigenvalue weighted by Gasteiger charge is -2.16. The quantitative estimate of drug-likeness (QED) is 0.483. The lowest BCUT2D eigenvalue weighted by Crippen LogP contribution is -2.05. The number of carbonyl (C=O) groups is 1. The minimum atomic E-state index is -3.52. The molecular weight excluding hydrogens is 301 g/mol. The predicted molar refractivity (Wildman–Crippen MR) is 64.7 cm³/mol. The monoisotopic (exact) mass is 314 g/mol.